The van der Waals surface area contributed by atoms with Crippen LogP contribution in [0.25, 0.3) is 0 Å². The smallest absolute Gasteiger partial charge is 0.323 e. The van der Waals surface area contributed by atoms with Crippen LogP contribution in [-0.4, -0.2) is 17.9 Å². The van der Waals surface area contributed by atoms with Gasteiger partial charge in [0, 0.05) is 34.7 Å². The molecule has 2 N–H and O–H groups in total. The zero-order valence-corrected chi connectivity index (χ0v) is 21.3. The molecule has 37 heavy (non-hydrogen) atoms. The van der Waals surface area contributed by atoms with E-state index in [-0.39, 0.29) is 23.8 Å². The van der Waals surface area contributed by atoms with Gasteiger partial charge in [-0.15, -0.1) is 0 Å². The number of fused-ring (bicyclic) bond motifs is 1. The van der Waals surface area contributed by atoms with E-state index in [0.29, 0.717) is 23.4 Å². The maximum atomic E-state index is 14.1. The number of para-hydroxylation sites is 2. The molecule has 0 bridgehead atoms. The van der Waals surface area contributed by atoms with Gasteiger partial charge in [0.2, 0.25) is 0 Å². The number of furan rings is 1. The number of hydrogen-bond donors (Lipinski definition) is 2. The van der Waals surface area contributed by atoms with Crippen molar-refractivity contribution < 1.29 is 14.0 Å². The molecule has 190 valence electrons. The van der Waals surface area contributed by atoms with Gasteiger partial charge in [-0.2, -0.15) is 0 Å². The van der Waals surface area contributed by atoms with Crippen molar-refractivity contribution in [2.24, 2.45) is 0 Å². The van der Waals surface area contributed by atoms with Crippen LogP contribution < -0.4 is 15.5 Å². The molecule has 0 unspecified atom stereocenters. The summed E-state index contributed by atoms with van der Waals surface area (Å²) in [4.78, 5) is 29.8. The molecule has 0 saturated heterocycles. The zero-order valence-electron chi connectivity index (χ0n) is 20.6. The van der Waals surface area contributed by atoms with Gasteiger partial charge in [0.25, 0.3) is 0 Å². The summed E-state index contributed by atoms with van der Waals surface area (Å²) < 4.78 is 5.68. The highest BCUT2D eigenvalue weighted by Gasteiger charge is 2.42. The number of nitrogens with zero attached hydrogens (tertiary/aromatic N) is 1. The fraction of sp³-hybridized carbons (Fsp3) is 0.333. The lowest BCUT2D eigenvalue weighted by molar-refractivity contribution is -0.116. The Bertz CT molecular complexity index is 1330. The third kappa shape index (κ3) is 4.66. The van der Waals surface area contributed by atoms with Crippen LogP contribution in [0.3, 0.4) is 0 Å². The number of allylic oxidation sites excluding steroid dienone is 1. The maximum absolute atomic E-state index is 14.1. The number of halogens is 1. The number of ketones is 1. The molecule has 0 spiro atoms. The van der Waals surface area contributed by atoms with Gasteiger partial charge in [0.05, 0.1) is 23.7 Å². The maximum Gasteiger partial charge on any atom is 0.323 e. The molecular formula is C30H30ClN3O3. The second-order valence-corrected chi connectivity index (χ2v) is 10.6. The molecule has 2 aromatic carbocycles. The lowest BCUT2D eigenvalue weighted by atomic mass is 9.80. The molecule has 3 aromatic rings. The fourth-order valence-corrected chi connectivity index (χ4v) is 6.12. The molecule has 2 aliphatic carbocycles. The predicted octanol–water partition coefficient (Wildman–Crippen LogP) is 7.35. The van der Waals surface area contributed by atoms with Crippen LogP contribution in [0, 0.1) is 0 Å². The van der Waals surface area contributed by atoms with Gasteiger partial charge < -0.3 is 15.1 Å². The van der Waals surface area contributed by atoms with Crippen molar-refractivity contribution in [3.63, 3.8) is 0 Å². The van der Waals surface area contributed by atoms with Crippen molar-refractivity contribution in [1.29, 1.82) is 0 Å². The number of carbonyl (C=O) groups excluding carboxylic acids is 2. The van der Waals surface area contributed by atoms with Gasteiger partial charge in [-0.3, -0.25) is 9.69 Å². The quantitative estimate of drug-likeness (QED) is 0.382. The average molecular weight is 516 g/mol. The number of rotatable bonds is 3. The van der Waals surface area contributed by atoms with Crippen LogP contribution in [0.1, 0.15) is 68.2 Å². The van der Waals surface area contributed by atoms with Crippen molar-refractivity contribution in [2.75, 3.05) is 10.2 Å². The normalized spacial score (nSPS) is 22.1. The van der Waals surface area contributed by atoms with E-state index in [2.05, 4.69) is 10.6 Å². The average Bonchev–Trinajstić information content (AvgIpc) is 3.40. The summed E-state index contributed by atoms with van der Waals surface area (Å²) in [5.41, 5.74) is 3.85. The molecule has 1 fully saturated rings. The number of urea groups is 1. The second kappa shape index (κ2) is 10.1. The first-order valence-corrected chi connectivity index (χ1v) is 13.5. The van der Waals surface area contributed by atoms with E-state index in [4.69, 9.17) is 16.0 Å². The van der Waals surface area contributed by atoms with Crippen molar-refractivity contribution in [3.8, 4) is 0 Å². The van der Waals surface area contributed by atoms with Gasteiger partial charge >= 0.3 is 6.03 Å². The Balaban J connectivity index is 1.49. The molecule has 2 amide bonds. The fourth-order valence-electron chi connectivity index (χ4n) is 5.99. The van der Waals surface area contributed by atoms with Crippen molar-refractivity contribution >= 4 is 34.8 Å². The van der Waals surface area contributed by atoms with Crippen molar-refractivity contribution in [1.82, 2.24) is 5.32 Å². The Morgan fingerprint density at radius 2 is 1.76 bits per heavy atom. The van der Waals surface area contributed by atoms with Crippen LogP contribution in [0.5, 0.6) is 0 Å². The van der Waals surface area contributed by atoms with Crippen LogP contribution in [0.4, 0.5) is 16.2 Å². The first-order chi connectivity index (χ1) is 18.1. The highest BCUT2D eigenvalue weighted by Crippen LogP contribution is 2.47. The Morgan fingerprint density at radius 1 is 0.973 bits per heavy atom. The summed E-state index contributed by atoms with van der Waals surface area (Å²) in [6, 6.07) is 18.4. The third-order valence-electron chi connectivity index (χ3n) is 7.77. The summed E-state index contributed by atoms with van der Waals surface area (Å²) in [7, 11) is 0. The summed E-state index contributed by atoms with van der Waals surface area (Å²) in [5, 5.41) is 7.45. The molecule has 3 aliphatic rings. The van der Waals surface area contributed by atoms with Crippen LogP contribution in [0.2, 0.25) is 5.02 Å². The second-order valence-electron chi connectivity index (χ2n) is 10.2. The summed E-state index contributed by atoms with van der Waals surface area (Å²) in [6.45, 7) is 0. The number of amides is 2. The molecule has 6 rings (SSSR count). The van der Waals surface area contributed by atoms with E-state index in [0.717, 1.165) is 54.1 Å². The van der Waals surface area contributed by atoms with Gasteiger partial charge in [-0.05, 0) is 61.2 Å². The number of benzene rings is 2. The largest absolute Gasteiger partial charge is 0.469 e. The minimum absolute atomic E-state index is 0.0124. The lowest BCUT2D eigenvalue weighted by Crippen LogP contribution is -2.48. The number of Topliss-reactive ketones (excluding diaryl/α,β-unsaturated/α-hetero) is 1. The minimum Gasteiger partial charge on any atom is -0.469 e. The first kappa shape index (κ1) is 23.9. The summed E-state index contributed by atoms with van der Waals surface area (Å²) in [5.74, 6) is 0.752. The molecule has 7 heteroatoms. The van der Waals surface area contributed by atoms with Gasteiger partial charge in [0.15, 0.2) is 5.78 Å². The Morgan fingerprint density at radius 3 is 2.51 bits per heavy atom. The molecule has 6 nitrogen and oxygen atoms in total. The predicted molar refractivity (Wildman–Crippen MR) is 145 cm³/mol. The SMILES string of the molecule is O=C1C[C@@H](c2ccco2)CC2=C1[C@@H](c1ccc(Cl)cc1)N(C(=O)NC1CCCCC1)c1ccccc1N2. The Labute approximate surface area is 221 Å². The van der Waals surface area contributed by atoms with Gasteiger partial charge in [0.1, 0.15) is 5.76 Å². The third-order valence-corrected chi connectivity index (χ3v) is 8.02. The number of carbonyl (C=O) groups is 2. The minimum atomic E-state index is -0.586. The Hall–Kier alpha value is -3.51. The summed E-state index contributed by atoms with van der Waals surface area (Å²) in [6.07, 6.45) is 7.98. The summed E-state index contributed by atoms with van der Waals surface area (Å²) >= 11 is 6.24. The molecule has 2 atom stereocenters. The number of hydrogen-bond acceptors (Lipinski definition) is 4. The van der Waals surface area contributed by atoms with E-state index < -0.39 is 6.04 Å². The monoisotopic (exact) mass is 515 g/mol. The molecule has 1 aromatic heterocycles. The standard InChI is InChI=1S/C30H30ClN3O3/c31-21-14-12-19(13-15-21)29-28-24(17-20(18-26(28)35)27-11-6-16-37-27)33-23-9-4-5-10-25(23)34(29)30(36)32-22-7-2-1-3-8-22/h4-6,9-16,20,22,29,33H,1-3,7-8,17-18H2,(H,32,36)/t20-,29+/m0/s1. The van der Waals surface area contributed by atoms with E-state index in [1.54, 1.807) is 11.2 Å². The molecule has 1 aliphatic heterocycles. The van der Waals surface area contributed by atoms with E-state index in [1.807, 2.05) is 60.7 Å². The van der Waals surface area contributed by atoms with Crippen LogP contribution >= 0.6 is 11.6 Å². The van der Waals surface area contributed by atoms with E-state index >= 15 is 0 Å². The topological polar surface area (TPSA) is 74.6 Å². The van der Waals surface area contributed by atoms with Crippen LogP contribution in [-0.2, 0) is 4.79 Å². The highest BCUT2D eigenvalue weighted by molar-refractivity contribution is 6.30. The highest BCUT2D eigenvalue weighted by atomic mass is 35.5. The van der Waals surface area contributed by atoms with Crippen LogP contribution in [0.15, 0.2) is 82.6 Å². The van der Waals surface area contributed by atoms with E-state index in [9.17, 15) is 9.59 Å². The molecule has 1 saturated carbocycles. The van der Waals surface area contributed by atoms with Gasteiger partial charge in [-0.25, -0.2) is 4.79 Å². The zero-order chi connectivity index (χ0) is 25.4. The van der Waals surface area contributed by atoms with Crippen molar-refractivity contribution in [3.05, 3.63) is 94.5 Å². The molecule has 0 radical (unpaired) electrons. The lowest BCUT2D eigenvalue weighted by Gasteiger charge is -2.36. The Kier molecular flexibility index (Phi) is 6.51. The first-order valence-electron chi connectivity index (χ1n) is 13.1. The number of anilines is 2. The van der Waals surface area contributed by atoms with E-state index in [1.165, 1.54) is 6.42 Å². The number of nitrogens with one attached hydrogen (secondary N) is 2. The van der Waals surface area contributed by atoms with Gasteiger partial charge in [-0.1, -0.05) is 55.1 Å². The molecular weight excluding hydrogens is 486 g/mol. The van der Waals surface area contributed by atoms with Crippen molar-refractivity contribution in [2.45, 2.75) is 62.9 Å². The molecule has 2 heterocycles.